The fourth-order valence-electron chi connectivity index (χ4n) is 1.57. The molecule has 3 aromatic rings. The van der Waals surface area contributed by atoms with E-state index in [0.717, 1.165) is 10.8 Å². The van der Waals surface area contributed by atoms with Crippen LogP contribution in [0.1, 0.15) is 0 Å². The zero-order chi connectivity index (χ0) is 10.3. The van der Waals surface area contributed by atoms with Crippen LogP contribution in [-0.4, -0.2) is 15.0 Å². The lowest BCUT2D eigenvalue weighted by Gasteiger charge is -2.00. The monoisotopic (exact) mass is 196 g/mol. The highest BCUT2D eigenvalue weighted by molar-refractivity contribution is 5.90. The topological polar surface area (TPSA) is 64.7 Å². The predicted octanol–water partition coefficient (Wildman–Crippen LogP) is 1.76. The highest BCUT2D eigenvalue weighted by Crippen LogP contribution is 2.17. The van der Waals surface area contributed by atoms with Gasteiger partial charge in [-0.2, -0.15) is 0 Å². The van der Waals surface area contributed by atoms with Gasteiger partial charge < -0.3 is 5.73 Å². The minimum atomic E-state index is 0.646. The van der Waals surface area contributed by atoms with E-state index in [-0.39, 0.29) is 0 Å². The molecule has 0 aliphatic rings. The van der Waals surface area contributed by atoms with Gasteiger partial charge in [-0.25, -0.2) is 15.0 Å². The molecule has 0 bridgehead atoms. The van der Waals surface area contributed by atoms with E-state index in [0.29, 0.717) is 17.0 Å². The summed E-state index contributed by atoms with van der Waals surface area (Å²) >= 11 is 0. The third kappa shape index (κ3) is 1.27. The van der Waals surface area contributed by atoms with Crippen LogP contribution in [0.25, 0.3) is 22.1 Å². The van der Waals surface area contributed by atoms with Crippen molar-refractivity contribution in [2.75, 3.05) is 5.73 Å². The summed E-state index contributed by atoms with van der Waals surface area (Å²) in [5, 5.41) is 1.94. The first-order valence-corrected chi connectivity index (χ1v) is 4.60. The largest absolute Gasteiger partial charge is 0.397 e. The lowest BCUT2D eigenvalue weighted by atomic mass is 10.2. The van der Waals surface area contributed by atoms with Crippen molar-refractivity contribution in [3.05, 3.63) is 36.7 Å². The molecular formula is C11H8N4. The fourth-order valence-corrected chi connectivity index (χ4v) is 1.57. The van der Waals surface area contributed by atoms with E-state index < -0.39 is 0 Å². The summed E-state index contributed by atoms with van der Waals surface area (Å²) in [7, 11) is 0. The standard InChI is InChI=1S/C11H8N4/c12-9-5-8-4-7-2-1-3-13-10(7)15-11(8)14-6-9/h1-6H,12H2. The summed E-state index contributed by atoms with van der Waals surface area (Å²) in [6, 6.07) is 7.71. The molecule has 4 heteroatoms. The molecule has 0 aliphatic heterocycles. The van der Waals surface area contributed by atoms with Crippen LogP contribution in [0.15, 0.2) is 36.7 Å². The number of nitrogens with zero attached hydrogens (tertiary/aromatic N) is 3. The number of nitrogens with two attached hydrogens (primary N) is 1. The van der Waals surface area contributed by atoms with Crippen LogP contribution in [0.4, 0.5) is 5.69 Å². The maximum absolute atomic E-state index is 5.66. The van der Waals surface area contributed by atoms with Crippen molar-refractivity contribution in [2.45, 2.75) is 0 Å². The molecule has 3 rings (SSSR count). The normalized spacial score (nSPS) is 10.9. The molecule has 72 valence electrons. The Morgan fingerprint density at radius 3 is 2.80 bits per heavy atom. The van der Waals surface area contributed by atoms with Crippen molar-refractivity contribution in [2.24, 2.45) is 0 Å². The minimum absolute atomic E-state index is 0.646. The second-order valence-corrected chi connectivity index (χ2v) is 3.35. The van der Waals surface area contributed by atoms with Gasteiger partial charge in [0.25, 0.3) is 0 Å². The van der Waals surface area contributed by atoms with Crippen LogP contribution < -0.4 is 5.73 Å². The first-order valence-electron chi connectivity index (χ1n) is 4.60. The van der Waals surface area contributed by atoms with Crippen LogP contribution in [0.5, 0.6) is 0 Å². The number of hydrogen-bond donors (Lipinski definition) is 1. The first kappa shape index (κ1) is 8.11. The Morgan fingerprint density at radius 2 is 1.87 bits per heavy atom. The van der Waals surface area contributed by atoms with Crippen molar-refractivity contribution in [3.8, 4) is 0 Å². The maximum atomic E-state index is 5.66. The molecule has 15 heavy (non-hydrogen) atoms. The molecule has 0 aliphatic carbocycles. The van der Waals surface area contributed by atoms with Gasteiger partial charge in [0.15, 0.2) is 11.3 Å². The Morgan fingerprint density at radius 1 is 1.00 bits per heavy atom. The summed E-state index contributed by atoms with van der Waals surface area (Å²) < 4.78 is 0. The van der Waals surface area contributed by atoms with Gasteiger partial charge in [0.05, 0.1) is 11.9 Å². The minimum Gasteiger partial charge on any atom is -0.397 e. The second-order valence-electron chi connectivity index (χ2n) is 3.35. The van der Waals surface area contributed by atoms with Crippen LogP contribution in [0.2, 0.25) is 0 Å². The fraction of sp³-hybridized carbons (Fsp3) is 0. The number of pyridine rings is 3. The molecule has 0 unspecified atom stereocenters. The van der Waals surface area contributed by atoms with Gasteiger partial charge in [0, 0.05) is 17.0 Å². The lowest BCUT2D eigenvalue weighted by Crippen LogP contribution is -1.91. The first-order chi connectivity index (χ1) is 7.33. The average molecular weight is 196 g/mol. The van der Waals surface area contributed by atoms with E-state index in [2.05, 4.69) is 15.0 Å². The Hall–Kier alpha value is -2.23. The molecule has 3 heterocycles. The third-order valence-electron chi connectivity index (χ3n) is 2.26. The van der Waals surface area contributed by atoms with Gasteiger partial charge in [0.1, 0.15) is 0 Å². The van der Waals surface area contributed by atoms with Gasteiger partial charge in [-0.15, -0.1) is 0 Å². The van der Waals surface area contributed by atoms with Crippen molar-refractivity contribution in [1.82, 2.24) is 15.0 Å². The van der Waals surface area contributed by atoms with Crippen LogP contribution in [-0.2, 0) is 0 Å². The van der Waals surface area contributed by atoms with Crippen molar-refractivity contribution in [3.63, 3.8) is 0 Å². The van der Waals surface area contributed by atoms with Gasteiger partial charge in [-0.3, -0.25) is 0 Å². The number of aromatic nitrogens is 3. The summed E-state index contributed by atoms with van der Waals surface area (Å²) in [5.41, 5.74) is 7.69. The zero-order valence-electron chi connectivity index (χ0n) is 7.88. The molecule has 3 aromatic heterocycles. The molecule has 0 spiro atoms. The summed E-state index contributed by atoms with van der Waals surface area (Å²) in [6.45, 7) is 0. The molecule has 0 saturated carbocycles. The molecule has 4 nitrogen and oxygen atoms in total. The predicted molar refractivity (Wildman–Crippen MR) is 59.3 cm³/mol. The molecule has 0 fully saturated rings. The van der Waals surface area contributed by atoms with Gasteiger partial charge >= 0.3 is 0 Å². The molecule has 0 amide bonds. The van der Waals surface area contributed by atoms with Crippen LogP contribution in [0.3, 0.4) is 0 Å². The molecule has 0 saturated heterocycles. The SMILES string of the molecule is Nc1cnc2nc3ncccc3cc2c1. The third-order valence-corrected chi connectivity index (χ3v) is 2.26. The number of hydrogen-bond acceptors (Lipinski definition) is 4. The van der Waals surface area contributed by atoms with Crippen LogP contribution in [0, 0.1) is 0 Å². The quantitative estimate of drug-likeness (QED) is 0.556. The molecule has 0 atom stereocenters. The molecule has 0 aromatic carbocycles. The number of fused-ring (bicyclic) bond motifs is 2. The Kier molecular flexibility index (Phi) is 1.56. The zero-order valence-corrected chi connectivity index (χ0v) is 7.88. The van der Waals surface area contributed by atoms with Crippen molar-refractivity contribution < 1.29 is 0 Å². The summed E-state index contributed by atoms with van der Waals surface area (Å²) in [5.74, 6) is 0. The molecular weight excluding hydrogens is 188 g/mol. The molecule has 0 radical (unpaired) electrons. The van der Waals surface area contributed by atoms with E-state index >= 15 is 0 Å². The van der Waals surface area contributed by atoms with E-state index in [1.807, 2.05) is 24.3 Å². The number of rotatable bonds is 0. The van der Waals surface area contributed by atoms with Gasteiger partial charge in [-0.1, -0.05) is 0 Å². The average Bonchev–Trinajstić information content (AvgIpc) is 2.26. The van der Waals surface area contributed by atoms with E-state index in [9.17, 15) is 0 Å². The van der Waals surface area contributed by atoms with E-state index in [1.165, 1.54) is 0 Å². The highest BCUT2D eigenvalue weighted by atomic mass is 14.9. The maximum Gasteiger partial charge on any atom is 0.161 e. The van der Waals surface area contributed by atoms with Crippen molar-refractivity contribution >= 4 is 27.8 Å². The van der Waals surface area contributed by atoms with Crippen LogP contribution >= 0.6 is 0 Å². The molecule has 2 N–H and O–H groups in total. The van der Waals surface area contributed by atoms with E-state index in [4.69, 9.17) is 5.73 Å². The van der Waals surface area contributed by atoms with Gasteiger partial charge in [0.2, 0.25) is 0 Å². The Bertz CT molecular complexity index is 648. The number of nitrogen functional groups attached to an aromatic ring is 1. The summed E-state index contributed by atoms with van der Waals surface area (Å²) in [4.78, 5) is 12.7. The van der Waals surface area contributed by atoms with E-state index in [1.54, 1.807) is 12.4 Å². The smallest absolute Gasteiger partial charge is 0.161 e. The Balaban J connectivity index is 2.47. The summed E-state index contributed by atoms with van der Waals surface area (Å²) in [6.07, 6.45) is 3.32. The highest BCUT2D eigenvalue weighted by Gasteiger charge is 2.00. The number of anilines is 1. The van der Waals surface area contributed by atoms with Crippen molar-refractivity contribution in [1.29, 1.82) is 0 Å². The van der Waals surface area contributed by atoms with Gasteiger partial charge in [-0.05, 0) is 24.3 Å². The Labute approximate surface area is 85.8 Å². The lowest BCUT2D eigenvalue weighted by molar-refractivity contribution is 1.27. The second kappa shape index (κ2) is 2.88.